The number of ether oxygens (including phenoxy) is 1. The van der Waals surface area contributed by atoms with Crippen molar-refractivity contribution in [2.75, 3.05) is 0 Å². The maximum Gasteiger partial charge on any atom is 0.221 e. The van der Waals surface area contributed by atoms with Crippen LogP contribution in [0.4, 0.5) is 0 Å². The normalized spacial score (nSPS) is 10.6. The van der Waals surface area contributed by atoms with Gasteiger partial charge in [-0.05, 0) is 12.1 Å². The first-order valence-corrected chi connectivity index (χ1v) is 8.56. The van der Waals surface area contributed by atoms with Gasteiger partial charge in [0.1, 0.15) is 21.4 Å². The van der Waals surface area contributed by atoms with E-state index < -0.39 is 0 Å². The minimum Gasteiger partial charge on any atom is -0.421 e. The molecule has 0 aliphatic heterocycles. The van der Waals surface area contributed by atoms with Crippen molar-refractivity contribution < 1.29 is 4.74 Å². The van der Waals surface area contributed by atoms with Crippen molar-refractivity contribution in [3.63, 3.8) is 0 Å². The number of hydrogen-bond donors (Lipinski definition) is 0. The molecule has 23 heavy (non-hydrogen) atoms. The third-order valence-electron chi connectivity index (χ3n) is 2.96. The van der Waals surface area contributed by atoms with Crippen molar-refractivity contribution in [3.05, 3.63) is 59.6 Å². The van der Waals surface area contributed by atoms with Gasteiger partial charge in [-0.1, -0.05) is 12.1 Å². The molecule has 0 amide bonds. The summed E-state index contributed by atoms with van der Waals surface area (Å²) in [7, 11) is 0. The summed E-state index contributed by atoms with van der Waals surface area (Å²) in [6.07, 6.45) is 3.52. The zero-order chi connectivity index (χ0) is 15.5. The maximum absolute atomic E-state index is 5.79. The van der Waals surface area contributed by atoms with Gasteiger partial charge in [0.2, 0.25) is 11.8 Å². The summed E-state index contributed by atoms with van der Waals surface area (Å²) >= 11 is 3.08. The fraction of sp³-hybridized carbons (Fsp3) is 0. The fourth-order valence-electron chi connectivity index (χ4n) is 1.99. The summed E-state index contributed by atoms with van der Waals surface area (Å²) in [6.45, 7) is 0. The first-order valence-electron chi connectivity index (χ1n) is 6.80. The van der Waals surface area contributed by atoms with Gasteiger partial charge in [0.05, 0.1) is 0 Å². The van der Waals surface area contributed by atoms with Crippen LogP contribution in [0.25, 0.3) is 21.4 Å². The summed E-state index contributed by atoms with van der Waals surface area (Å²) in [6, 6.07) is 11.2. The quantitative estimate of drug-likeness (QED) is 0.547. The molecule has 0 N–H and O–H groups in total. The second kappa shape index (κ2) is 6.23. The molecule has 0 aliphatic rings. The van der Waals surface area contributed by atoms with Gasteiger partial charge in [-0.2, -0.15) is 0 Å². The van der Waals surface area contributed by atoms with E-state index in [9.17, 15) is 0 Å². The standard InChI is InChI=1S/C16H10N4OS2/c1-3-11(15-17-7-9-22-15)19-13(5-1)21-14-6-2-4-12(20-14)16-18-8-10-23-16/h1-10H. The molecule has 0 unspecified atom stereocenters. The Hall–Kier alpha value is -2.64. The molecule has 4 heterocycles. The van der Waals surface area contributed by atoms with Gasteiger partial charge < -0.3 is 4.74 Å². The molecule has 4 aromatic heterocycles. The van der Waals surface area contributed by atoms with E-state index in [0.29, 0.717) is 11.8 Å². The van der Waals surface area contributed by atoms with E-state index in [1.165, 1.54) is 0 Å². The molecule has 0 aliphatic carbocycles. The van der Waals surface area contributed by atoms with Crippen LogP contribution in [0.5, 0.6) is 11.8 Å². The lowest BCUT2D eigenvalue weighted by Crippen LogP contribution is -1.93. The van der Waals surface area contributed by atoms with Gasteiger partial charge in [0.15, 0.2) is 0 Å². The Morgan fingerprint density at radius 3 is 1.65 bits per heavy atom. The lowest BCUT2D eigenvalue weighted by molar-refractivity contribution is 0.446. The van der Waals surface area contributed by atoms with Crippen molar-refractivity contribution >= 4 is 22.7 Å². The van der Waals surface area contributed by atoms with Crippen LogP contribution in [0.15, 0.2) is 59.6 Å². The predicted molar refractivity (Wildman–Crippen MR) is 90.8 cm³/mol. The first kappa shape index (κ1) is 14.0. The largest absolute Gasteiger partial charge is 0.421 e. The second-order valence-electron chi connectivity index (χ2n) is 4.50. The van der Waals surface area contributed by atoms with Gasteiger partial charge in [-0.15, -0.1) is 22.7 Å². The second-order valence-corrected chi connectivity index (χ2v) is 6.29. The molecule has 4 aromatic rings. The van der Waals surface area contributed by atoms with E-state index in [1.54, 1.807) is 47.2 Å². The fourth-order valence-corrected chi connectivity index (χ4v) is 3.20. The highest BCUT2D eigenvalue weighted by atomic mass is 32.1. The first-order chi connectivity index (χ1) is 11.4. The van der Waals surface area contributed by atoms with E-state index in [4.69, 9.17) is 4.74 Å². The zero-order valence-electron chi connectivity index (χ0n) is 11.8. The maximum atomic E-state index is 5.79. The molecule has 0 saturated carbocycles. The number of aromatic nitrogens is 4. The highest BCUT2D eigenvalue weighted by Gasteiger charge is 2.07. The van der Waals surface area contributed by atoms with E-state index in [-0.39, 0.29) is 0 Å². The SMILES string of the molecule is c1cc(Oc2cccc(-c3nccs3)n2)nc(-c2nccs2)c1. The summed E-state index contributed by atoms with van der Waals surface area (Å²) in [5, 5.41) is 5.56. The Labute approximate surface area is 140 Å². The van der Waals surface area contributed by atoms with Gasteiger partial charge in [-0.25, -0.2) is 19.9 Å². The van der Waals surface area contributed by atoms with Crippen LogP contribution < -0.4 is 4.74 Å². The van der Waals surface area contributed by atoms with Gasteiger partial charge in [0.25, 0.3) is 0 Å². The van der Waals surface area contributed by atoms with Crippen molar-refractivity contribution in [2.45, 2.75) is 0 Å². The average molecular weight is 338 g/mol. The molecule has 0 saturated heterocycles. The van der Waals surface area contributed by atoms with Crippen LogP contribution in [0, 0.1) is 0 Å². The Kier molecular flexibility index (Phi) is 3.79. The van der Waals surface area contributed by atoms with Crippen LogP contribution in [0.1, 0.15) is 0 Å². The van der Waals surface area contributed by atoms with Crippen LogP contribution in [-0.2, 0) is 0 Å². The molecule has 0 fully saturated rings. The minimum absolute atomic E-state index is 0.487. The van der Waals surface area contributed by atoms with Crippen molar-refractivity contribution in [1.29, 1.82) is 0 Å². The highest BCUT2D eigenvalue weighted by molar-refractivity contribution is 7.13. The van der Waals surface area contributed by atoms with E-state index in [0.717, 1.165) is 21.4 Å². The zero-order valence-corrected chi connectivity index (χ0v) is 13.4. The lowest BCUT2D eigenvalue weighted by atomic mass is 10.3. The van der Waals surface area contributed by atoms with Crippen LogP contribution in [-0.4, -0.2) is 19.9 Å². The molecule has 7 heteroatoms. The smallest absolute Gasteiger partial charge is 0.221 e. The topological polar surface area (TPSA) is 60.8 Å². The van der Waals surface area contributed by atoms with Crippen LogP contribution in [0.3, 0.4) is 0 Å². The third kappa shape index (κ3) is 3.10. The Bertz CT molecular complexity index is 832. The van der Waals surface area contributed by atoms with Crippen molar-refractivity contribution in [2.24, 2.45) is 0 Å². The number of thiazole rings is 2. The summed E-state index contributed by atoms with van der Waals surface area (Å²) < 4.78 is 5.79. The summed E-state index contributed by atoms with van der Waals surface area (Å²) in [4.78, 5) is 17.5. The van der Waals surface area contributed by atoms with Crippen molar-refractivity contribution in [1.82, 2.24) is 19.9 Å². The molecular weight excluding hydrogens is 328 g/mol. The molecule has 5 nitrogen and oxygen atoms in total. The monoisotopic (exact) mass is 338 g/mol. The van der Waals surface area contributed by atoms with Gasteiger partial charge in [-0.3, -0.25) is 0 Å². The van der Waals surface area contributed by atoms with Crippen LogP contribution >= 0.6 is 22.7 Å². The lowest BCUT2D eigenvalue weighted by Gasteiger charge is -2.05. The summed E-state index contributed by atoms with van der Waals surface area (Å²) in [5.41, 5.74) is 1.57. The predicted octanol–water partition coefficient (Wildman–Crippen LogP) is 4.52. The Morgan fingerprint density at radius 1 is 0.696 bits per heavy atom. The molecule has 0 bridgehead atoms. The molecule has 0 aromatic carbocycles. The number of rotatable bonds is 4. The molecule has 4 rings (SSSR count). The van der Waals surface area contributed by atoms with Gasteiger partial charge in [0, 0.05) is 35.3 Å². The number of pyridine rings is 2. The van der Waals surface area contributed by atoms with Crippen LogP contribution in [0.2, 0.25) is 0 Å². The van der Waals surface area contributed by atoms with E-state index in [1.807, 2.05) is 35.0 Å². The minimum atomic E-state index is 0.487. The Morgan fingerprint density at radius 2 is 1.22 bits per heavy atom. The number of nitrogens with zero attached hydrogens (tertiary/aromatic N) is 4. The molecule has 0 radical (unpaired) electrons. The Balaban J connectivity index is 1.61. The highest BCUT2D eigenvalue weighted by Crippen LogP contribution is 2.26. The molecular formula is C16H10N4OS2. The molecule has 0 atom stereocenters. The molecule has 0 spiro atoms. The molecule has 112 valence electrons. The van der Waals surface area contributed by atoms with E-state index >= 15 is 0 Å². The van der Waals surface area contributed by atoms with E-state index in [2.05, 4.69) is 19.9 Å². The third-order valence-corrected chi connectivity index (χ3v) is 4.55. The van der Waals surface area contributed by atoms with Crippen molar-refractivity contribution in [3.8, 4) is 33.2 Å². The van der Waals surface area contributed by atoms with Gasteiger partial charge >= 0.3 is 0 Å². The summed E-state index contributed by atoms with van der Waals surface area (Å²) in [5.74, 6) is 0.975. The average Bonchev–Trinajstić information content (AvgIpc) is 3.29. The number of hydrogen-bond acceptors (Lipinski definition) is 7.